The van der Waals surface area contributed by atoms with Gasteiger partial charge in [0.2, 0.25) is 0 Å². The summed E-state index contributed by atoms with van der Waals surface area (Å²) in [5.41, 5.74) is -1.15. The Labute approximate surface area is 179 Å². The molecule has 0 N–H and O–H groups in total. The van der Waals surface area contributed by atoms with Crippen LogP contribution in [0.4, 0.5) is 22.0 Å². The van der Waals surface area contributed by atoms with Crippen LogP contribution in [0.25, 0.3) is 11.4 Å². The van der Waals surface area contributed by atoms with Crippen LogP contribution in [0.15, 0.2) is 41.5 Å². The molecule has 0 atom stereocenters. The Hall–Kier alpha value is -3.11. The van der Waals surface area contributed by atoms with Gasteiger partial charge in [0.15, 0.2) is 0 Å². The van der Waals surface area contributed by atoms with Crippen LogP contribution < -0.4 is 5.56 Å². The van der Waals surface area contributed by atoms with Gasteiger partial charge < -0.3 is 0 Å². The summed E-state index contributed by atoms with van der Waals surface area (Å²) in [5.74, 6) is -0.0766. The van der Waals surface area contributed by atoms with Crippen LogP contribution >= 0.6 is 0 Å². The number of halogens is 5. The predicted molar refractivity (Wildman–Crippen MR) is 105 cm³/mol. The van der Waals surface area contributed by atoms with E-state index in [0.717, 1.165) is 49.0 Å². The van der Waals surface area contributed by atoms with Gasteiger partial charge in [0.05, 0.1) is 17.8 Å². The van der Waals surface area contributed by atoms with Gasteiger partial charge in [0.1, 0.15) is 11.4 Å². The van der Waals surface area contributed by atoms with Crippen molar-refractivity contribution in [3.63, 3.8) is 0 Å². The Morgan fingerprint density at radius 3 is 2.47 bits per heavy atom. The largest absolute Gasteiger partial charge is 0.418 e. The molecule has 0 unspecified atom stereocenters. The highest BCUT2D eigenvalue weighted by molar-refractivity contribution is 5.54. The monoisotopic (exact) mass is 453 g/mol. The molecule has 1 aliphatic carbocycles. The fourth-order valence-corrected chi connectivity index (χ4v) is 4.05. The van der Waals surface area contributed by atoms with E-state index in [9.17, 15) is 26.7 Å². The van der Waals surface area contributed by atoms with Crippen LogP contribution in [0.3, 0.4) is 0 Å². The second-order valence-corrected chi connectivity index (χ2v) is 7.74. The molecule has 32 heavy (non-hydrogen) atoms. The van der Waals surface area contributed by atoms with Gasteiger partial charge in [0, 0.05) is 18.0 Å². The molecular weight excluding hydrogens is 433 g/mol. The van der Waals surface area contributed by atoms with E-state index in [1.165, 1.54) is 24.4 Å². The van der Waals surface area contributed by atoms with E-state index in [0.29, 0.717) is 10.2 Å². The molecule has 1 saturated carbocycles. The van der Waals surface area contributed by atoms with Crippen LogP contribution in [0.2, 0.25) is 0 Å². The lowest BCUT2D eigenvalue weighted by atomic mass is 9.84. The standard InChI is InChI=1S/C21H20F5N5O/c22-20(23)30-10-8-16(28-30)17-11-14(13-5-2-1-3-6-13)19(32)31(29-17)12-18-15(21(24,25)26)7-4-9-27-18/h4,7-11,13,20H,1-3,5-6,12H2. The Morgan fingerprint density at radius 1 is 1.06 bits per heavy atom. The lowest BCUT2D eigenvalue weighted by Gasteiger charge is -2.22. The van der Waals surface area contributed by atoms with Gasteiger partial charge in [-0.15, -0.1) is 0 Å². The summed E-state index contributed by atoms with van der Waals surface area (Å²) < 4.78 is 67.5. The number of nitrogens with zero attached hydrogens (tertiary/aromatic N) is 5. The third-order valence-electron chi connectivity index (χ3n) is 5.61. The van der Waals surface area contributed by atoms with Gasteiger partial charge in [-0.1, -0.05) is 19.3 Å². The minimum atomic E-state index is -4.65. The fraction of sp³-hybridized carbons (Fsp3) is 0.429. The molecule has 0 aromatic carbocycles. The fourth-order valence-electron chi connectivity index (χ4n) is 4.05. The molecule has 0 aliphatic heterocycles. The van der Waals surface area contributed by atoms with E-state index in [4.69, 9.17) is 0 Å². The molecule has 4 rings (SSSR count). The van der Waals surface area contributed by atoms with Crippen LogP contribution in [-0.4, -0.2) is 24.5 Å². The molecule has 1 fully saturated rings. The zero-order chi connectivity index (χ0) is 22.9. The lowest BCUT2D eigenvalue weighted by molar-refractivity contribution is -0.138. The number of hydrogen-bond acceptors (Lipinski definition) is 4. The number of hydrogen-bond donors (Lipinski definition) is 0. The van der Waals surface area contributed by atoms with Crippen molar-refractivity contribution in [3.05, 3.63) is 63.8 Å². The van der Waals surface area contributed by atoms with Gasteiger partial charge >= 0.3 is 12.7 Å². The average Bonchev–Trinajstić information content (AvgIpc) is 3.26. The van der Waals surface area contributed by atoms with Gasteiger partial charge in [-0.25, -0.2) is 9.36 Å². The highest BCUT2D eigenvalue weighted by Crippen LogP contribution is 2.33. The first-order chi connectivity index (χ1) is 15.2. The molecule has 170 valence electrons. The average molecular weight is 453 g/mol. The normalized spacial score (nSPS) is 15.4. The smallest absolute Gasteiger partial charge is 0.267 e. The Morgan fingerprint density at radius 2 is 1.81 bits per heavy atom. The maximum Gasteiger partial charge on any atom is 0.418 e. The summed E-state index contributed by atoms with van der Waals surface area (Å²) >= 11 is 0. The number of aromatic nitrogens is 5. The molecule has 3 aromatic rings. The van der Waals surface area contributed by atoms with E-state index in [1.807, 2.05) is 0 Å². The summed E-state index contributed by atoms with van der Waals surface area (Å²) in [6.07, 6.45) is 2.09. The zero-order valence-corrected chi connectivity index (χ0v) is 16.9. The Kier molecular flexibility index (Phi) is 6.07. The van der Waals surface area contributed by atoms with Crippen molar-refractivity contribution in [1.82, 2.24) is 24.5 Å². The summed E-state index contributed by atoms with van der Waals surface area (Å²) in [7, 11) is 0. The van der Waals surface area contributed by atoms with Gasteiger partial charge in [0.25, 0.3) is 5.56 Å². The van der Waals surface area contributed by atoms with Crippen molar-refractivity contribution >= 4 is 0 Å². The van der Waals surface area contributed by atoms with Crippen molar-refractivity contribution < 1.29 is 22.0 Å². The van der Waals surface area contributed by atoms with Crippen molar-refractivity contribution in [1.29, 1.82) is 0 Å². The summed E-state index contributed by atoms with van der Waals surface area (Å²) in [5, 5.41) is 7.96. The maximum absolute atomic E-state index is 13.4. The highest BCUT2D eigenvalue weighted by Gasteiger charge is 2.34. The number of rotatable bonds is 5. The van der Waals surface area contributed by atoms with Crippen LogP contribution in [0, 0.1) is 0 Å². The van der Waals surface area contributed by atoms with Gasteiger partial charge in [-0.2, -0.15) is 32.1 Å². The van der Waals surface area contributed by atoms with Crippen molar-refractivity contribution in [2.75, 3.05) is 0 Å². The summed E-state index contributed by atoms with van der Waals surface area (Å²) in [6.45, 7) is -3.35. The van der Waals surface area contributed by atoms with E-state index < -0.39 is 30.4 Å². The molecule has 0 radical (unpaired) electrons. The minimum Gasteiger partial charge on any atom is -0.267 e. The van der Waals surface area contributed by atoms with E-state index >= 15 is 0 Å². The molecule has 0 spiro atoms. The van der Waals surface area contributed by atoms with Crippen LogP contribution in [-0.2, 0) is 12.7 Å². The van der Waals surface area contributed by atoms with Crippen molar-refractivity contribution in [2.24, 2.45) is 0 Å². The SMILES string of the molecule is O=c1c(C2CCCCC2)cc(-c2ccn(C(F)F)n2)nn1Cc1ncccc1C(F)(F)F. The van der Waals surface area contributed by atoms with E-state index in [1.54, 1.807) is 0 Å². The van der Waals surface area contributed by atoms with Crippen molar-refractivity contribution in [3.8, 4) is 11.4 Å². The van der Waals surface area contributed by atoms with Crippen LogP contribution in [0.1, 0.15) is 61.4 Å². The third kappa shape index (κ3) is 4.56. The quantitative estimate of drug-likeness (QED) is 0.510. The number of pyridine rings is 1. The predicted octanol–water partition coefficient (Wildman–Crippen LogP) is 5.01. The topological polar surface area (TPSA) is 65.6 Å². The maximum atomic E-state index is 13.4. The molecule has 0 saturated heterocycles. The lowest BCUT2D eigenvalue weighted by Crippen LogP contribution is -2.30. The molecule has 3 aromatic heterocycles. The zero-order valence-electron chi connectivity index (χ0n) is 16.9. The van der Waals surface area contributed by atoms with Gasteiger partial charge in [-0.05, 0) is 43.0 Å². The summed E-state index contributed by atoms with van der Waals surface area (Å²) in [4.78, 5) is 17.0. The first-order valence-corrected chi connectivity index (χ1v) is 10.2. The molecule has 11 heteroatoms. The molecular formula is C21H20F5N5O. The molecule has 0 amide bonds. The first kappa shape index (κ1) is 22.1. The van der Waals surface area contributed by atoms with Crippen molar-refractivity contribution in [2.45, 2.75) is 57.3 Å². The third-order valence-corrected chi connectivity index (χ3v) is 5.61. The van der Waals surface area contributed by atoms with Crippen LogP contribution in [0.5, 0.6) is 0 Å². The van der Waals surface area contributed by atoms with Gasteiger partial charge in [-0.3, -0.25) is 9.78 Å². The van der Waals surface area contributed by atoms with E-state index in [2.05, 4.69) is 15.2 Å². The molecule has 1 aliphatic rings. The minimum absolute atomic E-state index is 0.0766. The Balaban J connectivity index is 1.82. The highest BCUT2D eigenvalue weighted by atomic mass is 19.4. The second-order valence-electron chi connectivity index (χ2n) is 7.74. The second kappa shape index (κ2) is 8.79. The molecule has 3 heterocycles. The van der Waals surface area contributed by atoms with E-state index in [-0.39, 0.29) is 23.0 Å². The molecule has 6 nitrogen and oxygen atoms in total. The summed E-state index contributed by atoms with van der Waals surface area (Å²) in [6, 6.07) is 4.92. The molecule has 0 bridgehead atoms. The first-order valence-electron chi connectivity index (χ1n) is 10.2. The number of alkyl halides is 5. The Bertz CT molecular complexity index is 1150.